The topological polar surface area (TPSA) is 99.0 Å². The van der Waals surface area contributed by atoms with Gasteiger partial charge in [-0.3, -0.25) is 4.79 Å². The Kier molecular flexibility index (Phi) is 4.57. The molecule has 0 unspecified atom stereocenters. The second kappa shape index (κ2) is 6.57. The fraction of sp³-hybridized carbons (Fsp3) is 0.267. The molecule has 0 atom stereocenters. The first-order valence-corrected chi connectivity index (χ1v) is 6.59. The Balaban J connectivity index is 2.38. The second-order valence-corrected chi connectivity index (χ2v) is 4.41. The van der Waals surface area contributed by atoms with Crippen LogP contribution in [0.4, 0.5) is 0 Å². The zero-order valence-corrected chi connectivity index (χ0v) is 11.6. The van der Waals surface area contributed by atoms with Gasteiger partial charge < -0.3 is 14.8 Å². The van der Waals surface area contributed by atoms with Crippen LogP contribution in [0.5, 0.6) is 0 Å². The molecule has 1 aliphatic rings. The number of hydrogen-bond donors (Lipinski definition) is 2. The van der Waals surface area contributed by atoms with Crippen molar-refractivity contribution in [3.63, 3.8) is 0 Å². The Labute approximate surface area is 121 Å². The van der Waals surface area contributed by atoms with Gasteiger partial charge in [0, 0.05) is 5.57 Å². The Bertz CT molecular complexity index is 720. The highest BCUT2D eigenvalue weighted by atomic mass is 16.5. The van der Waals surface area contributed by atoms with Crippen molar-refractivity contribution in [2.45, 2.75) is 19.8 Å². The SMILES string of the molecule is CCCOC1=CCC=C(c2nc[nH]c(=O)c2C#N)C=C1O. The fourth-order valence-corrected chi connectivity index (χ4v) is 1.91. The number of hydrogen-bond acceptors (Lipinski definition) is 5. The minimum atomic E-state index is -0.504. The number of allylic oxidation sites excluding steroid dienone is 4. The van der Waals surface area contributed by atoms with Gasteiger partial charge in [-0.05, 0) is 25.0 Å². The van der Waals surface area contributed by atoms with Crippen LogP contribution in [0, 0.1) is 11.3 Å². The van der Waals surface area contributed by atoms with E-state index in [4.69, 9.17) is 10.00 Å². The number of aliphatic hydroxyl groups is 1. The monoisotopic (exact) mass is 285 g/mol. The predicted octanol–water partition coefficient (Wildman–Crippen LogP) is 2.18. The van der Waals surface area contributed by atoms with Crippen LogP contribution in [0.3, 0.4) is 0 Å². The lowest BCUT2D eigenvalue weighted by Gasteiger charge is -2.08. The first kappa shape index (κ1) is 14.6. The molecular weight excluding hydrogens is 270 g/mol. The summed E-state index contributed by atoms with van der Waals surface area (Å²) in [7, 11) is 0. The molecule has 0 aliphatic heterocycles. The molecule has 1 heterocycles. The molecule has 6 nitrogen and oxygen atoms in total. The van der Waals surface area contributed by atoms with E-state index >= 15 is 0 Å². The molecule has 0 amide bonds. The summed E-state index contributed by atoms with van der Waals surface area (Å²) in [5.41, 5.74) is 0.182. The van der Waals surface area contributed by atoms with E-state index in [0.29, 0.717) is 24.4 Å². The Morgan fingerprint density at radius 3 is 3.05 bits per heavy atom. The lowest BCUT2D eigenvalue weighted by molar-refractivity contribution is 0.194. The lowest BCUT2D eigenvalue weighted by Crippen LogP contribution is -2.13. The van der Waals surface area contributed by atoms with Crippen LogP contribution < -0.4 is 5.56 Å². The average Bonchev–Trinajstić information content (AvgIpc) is 2.66. The summed E-state index contributed by atoms with van der Waals surface area (Å²) in [6.07, 6.45) is 7.55. The molecule has 1 aromatic heterocycles. The third kappa shape index (κ3) is 3.20. The Morgan fingerprint density at radius 1 is 1.52 bits per heavy atom. The summed E-state index contributed by atoms with van der Waals surface area (Å²) in [5.74, 6) is 0.351. The van der Waals surface area contributed by atoms with Gasteiger partial charge in [-0.15, -0.1) is 0 Å². The van der Waals surface area contributed by atoms with Crippen molar-refractivity contribution in [2.75, 3.05) is 6.61 Å². The number of ether oxygens (including phenoxy) is 1. The molecule has 0 saturated carbocycles. The van der Waals surface area contributed by atoms with Crippen LogP contribution in [0.1, 0.15) is 31.0 Å². The van der Waals surface area contributed by atoms with E-state index < -0.39 is 5.56 Å². The summed E-state index contributed by atoms with van der Waals surface area (Å²) < 4.78 is 5.45. The number of rotatable bonds is 4. The van der Waals surface area contributed by atoms with Gasteiger partial charge in [0.25, 0.3) is 5.56 Å². The number of aromatic amines is 1. The number of nitriles is 1. The molecule has 21 heavy (non-hydrogen) atoms. The number of nitrogens with zero attached hydrogens (tertiary/aromatic N) is 2. The average molecular weight is 285 g/mol. The van der Waals surface area contributed by atoms with Crippen LogP contribution >= 0.6 is 0 Å². The van der Waals surface area contributed by atoms with E-state index in [1.54, 1.807) is 12.2 Å². The van der Waals surface area contributed by atoms with E-state index in [2.05, 4.69) is 9.97 Å². The van der Waals surface area contributed by atoms with Gasteiger partial charge in [0.1, 0.15) is 11.6 Å². The van der Waals surface area contributed by atoms with Gasteiger partial charge in [0.05, 0.1) is 18.6 Å². The molecule has 108 valence electrons. The van der Waals surface area contributed by atoms with E-state index in [1.165, 1.54) is 12.4 Å². The minimum Gasteiger partial charge on any atom is -0.504 e. The number of aromatic nitrogens is 2. The maximum absolute atomic E-state index is 11.6. The van der Waals surface area contributed by atoms with E-state index in [9.17, 15) is 9.90 Å². The van der Waals surface area contributed by atoms with E-state index in [-0.39, 0.29) is 17.0 Å². The summed E-state index contributed by atoms with van der Waals surface area (Å²) in [5, 5.41) is 19.1. The van der Waals surface area contributed by atoms with Crippen LogP contribution in [0.2, 0.25) is 0 Å². The van der Waals surface area contributed by atoms with Crippen LogP contribution in [0.25, 0.3) is 5.57 Å². The maximum atomic E-state index is 11.6. The van der Waals surface area contributed by atoms with Crippen molar-refractivity contribution in [3.8, 4) is 6.07 Å². The first-order valence-electron chi connectivity index (χ1n) is 6.59. The number of aliphatic hydroxyl groups excluding tert-OH is 1. The number of nitrogens with one attached hydrogen (secondary N) is 1. The predicted molar refractivity (Wildman–Crippen MR) is 77.2 cm³/mol. The molecular formula is C15H15N3O3. The number of H-pyrrole nitrogens is 1. The van der Waals surface area contributed by atoms with Crippen molar-refractivity contribution in [2.24, 2.45) is 0 Å². The molecule has 1 aliphatic carbocycles. The van der Waals surface area contributed by atoms with Crippen molar-refractivity contribution in [1.29, 1.82) is 5.26 Å². The smallest absolute Gasteiger partial charge is 0.269 e. The summed E-state index contributed by atoms with van der Waals surface area (Å²) in [6, 6.07) is 1.84. The third-order valence-corrected chi connectivity index (χ3v) is 2.89. The van der Waals surface area contributed by atoms with Crippen molar-refractivity contribution >= 4 is 5.57 Å². The highest BCUT2D eigenvalue weighted by molar-refractivity contribution is 5.76. The minimum absolute atomic E-state index is 0.0434. The molecule has 0 aromatic carbocycles. The van der Waals surface area contributed by atoms with Gasteiger partial charge in [0.15, 0.2) is 11.5 Å². The molecule has 2 rings (SSSR count). The summed E-state index contributed by atoms with van der Waals surface area (Å²) >= 11 is 0. The quantitative estimate of drug-likeness (QED) is 0.883. The zero-order valence-electron chi connectivity index (χ0n) is 11.6. The fourth-order valence-electron chi connectivity index (χ4n) is 1.91. The molecule has 2 N–H and O–H groups in total. The largest absolute Gasteiger partial charge is 0.504 e. The Morgan fingerprint density at radius 2 is 2.33 bits per heavy atom. The van der Waals surface area contributed by atoms with Gasteiger partial charge in [0.2, 0.25) is 0 Å². The Hall–Kier alpha value is -2.81. The zero-order chi connectivity index (χ0) is 15.2. The van der Waals surface area contributed by atoms with Crippen molar-refractivity contribution in [1.82, 2.24) is 9.97 Å². The second-order valence-electron chi connectivity index (χ2n) is 4.41. The highest BCUT2D eigenvalue weighted by Crippen LogP contribution is 2.24. The summed E-state index contributed by atoms with van der Waals surface area (Å²) in [4.78, 5) is 18.0. The maximum Gasteiger partial charge on any atom is 0.269 e. The molecule has 0 spiro atoms. The summed E-state index contributed by atoms with van der Waals surface area (Å²) in [6.45, 7) is 2.48. The normalized spacial score (nSPS) is 14.4. The molecule has 0 fully saturated rings. The van der Waals surface area contributed by atoms with Gasteiger partial charge >= 0.3 is 0 Å². The standard InChI is InChI=1S/C15H15N3O3/c1-2-6-21-13-5-3-4-10(7-12(13)19)14-11(8-16)15(20)18-9-17-14/h4-5,7,9,19H,2-3,6H2,1H3,(H,17,18,20). The molecule has 0 saturated heterocycles. The molecule has 0 radical (unpaired) electrons. The molecule has 1 aromatic rings. The lowest BCUT2D eigenvalue weighted by atomic mass is 10.1. The molecule has 6 heteroatoms. The van der Waals surface area contributed by atoms with Gasteiger partial charge in [-0.25, -0.2) is 4.98 Å². The van der Waals surface area contributed by atoms with Gasteiger partial charge in [-0.2, -0.15) is 5.26 Å². The van der Waals surface area contributed by atoms with Crippen LogP contribution in [-0.2, 0) is 4.74 Å². The van der Waals surface area contributed by atoms with E-state index in [0.717, 1.165) is 6.42 Å². The highest BCUT2D eigenvalue weighted by Gasteiger charge is 2.15. The third-order valence-electron chi connectivity index (χ3n) is 2.89. The van der Waals surface area contributed by atoms with Gasteiger partial charge in [-0.1, -0.05) is 13.0 Å². The van der Waals surface area contributed by atoms with Crippen LogP contribution in [0.15, 0.2) is 40.9 Å². The van der Waals surface area contributed by atoms with Crippen LogP contribution in [-0.4, -0.2) is 21.7 Å². The van der Waals surface area contributed by atoms with Crippen molar-refractivity contribution < 1.29 is 9.84 Å². The molecule has 0 bridgehead atoms. The first-order chi connectivity index (χ1) is 10.2. The van der Waals surface area contributed by atoms with Crippen molar-refractivity contribution in [3.05, 3.63) is 57.7 Å². The van der Waals surface area contributed by atoms with E-state index in [1.807, 2.05) is 13.0 Å².